The number of fused-ring (bicyclic) bond motifs is 1. The van der Waals surface area contributed by atoms with Crippen LogP contribution in [0.2, 0.25) is 5.02 Å². The number of hydrogen-bond donors (Lipinski definition) is 1. The zero-order chi connectivity index (χ0) is 15.2. The van der Waals surface area contributed by atoms with Gasteiger partial charge in [0.2, 0.25) is 5.91 Å². The molecule has 1 N–H and O–H groups in total. The van der Waals surface area contributed by atoms with Crippen molar-refractivity contribution in [3.63, 3.8) is 0 Å². The summed E-state index contributed by atoms with van der Waals surface area (Å²) in [7, 11) is 0. The molecule has 1 fully saturated rings. The first-order valence-electron chi connectivity index (χ1n) is 7.10. The normalized spacial score (nSPS) is 15.7. The number of nitrogens with one attached hydrogen (secondary N) is 1. The average Bonchev–Trinajstić information content (AvgIpc) is 3.25. The molecular weight excluding hydrogens is 316 g/mol. The molecule has 1 aromatic heterocycles. The first kappa shape index (κ1) is 13.7. The van der Waals surface area contributed by atoms with Crippen LogP contribution in [0.5, 0.6) is 0 Å². The van der Waals surface area contributed by atoms with E-state index < -0.39 is 0 Å². The van der Waals surface area contributed by atoms with Crippen LogP contribution in [-0.2, 0) is 10.2 Å². The molecule has 0 unspecified atom stereocenters. The van der Waals surface area contributed by atoms with Crippen LogP contribution in [0.4, 0.5) is 5.13 Å². The minimum Gasteiger partial charge on any atom is -0.301 e. The van der Waals surface area contributed by atoms with Crippen molar-refractivity contribution >= 4 is 44.2 Å². The van der Waals surface area contributed by atoms with E-state index in [2.05, 4.69) is 10.3 Å². The summed E-state index contributed by atoms with van der Waals surface area (Å²) in [5.41, 5.74) is 1.56. The molecule has 0 atom stereocenters. The standard InChI is InChI=1S/C17H13ClN2OS/c18-12-6-7-13-14(10-12)22-16(19-13)20-15(21)17(8-9-17)11-4-2-1-3-5-11/h1-7,10H,8-9H2,(H,19,20,21). The second kappa shape index (κ2) is 5.07. The number of carbonyl (C=O) groups excluding carboxylic acids is 1. The van der Waals surface area contributed by atoms with Gasteiger partial charge in [-0.2, -0.15) is 0 Å². The fraction of sp³-hybridized carbons (Fsp3) is 0.176. The lowest BCUT2D eigenvalue weighted by Gasteiger charge is -2.14. The van der Waals surface area contributed by atoms with Crippen LogP contribution in [0.25, 0.3) is 10.2 Å². The predicted molar refractivity (Wildman–Crippen MR) is 90.6 cm³/mol. The van der Waals surface area contributed by atoms with Crippen LogP contribution in [0.3, 0.4) is 0 Å². The third kappa shape index (κ3) is 2.28. The third-order valence-electron chi connectivity index (χ3n) is 4.08. The molecule has 1 heterocycles. The first-order chi connectivity index (χ1) is 10.7. The molecule has 3 aromatic rings. The third-order valence-corrected chi connectivity index (χ3v) is 5.25. The Hall–Kier alpha value is -1.91. The molecule has 1 saturated carbocycles. The van der Waals surface area contributed by atoms with E-state index in [1.165, 1.54) is 11.3 Å². The van der Waals surface area contributed by atoms with Crippen molar-refractivity contribution in [1.29, 1.82) is 0 Å². The van der Waals surface area contributed by atoms with Crippen molar-refractivity contribution in [3.05, 3.63) is 59.1 Å². The van der Waals surface area contributed by atoms with Crippen molar-refractivity contribution in [2.45, 2.75) is 18.3 Å². The summed E-state index contributed by atoms with van der Waals surface area (Å²) < 4.78 is 0.979. The van der Waals surface area contributed by atoms with Crippen molar-refractivity contribution in [2.24, 2.45) is 0 Å². The largest absolute Gasteiger partial charge is 0.301 e. The van der Waals surface area contributed by atoms with Crippen LogP contribution in [0.15, 0.2) is 48.5 Å². The van der Waals surface area contributed by atoms with E-state index in [0.717, 1.165) is 28.6 Å². The Kier molecular flexibility index (Phi) is 3.17. The van der Waals surface area contributed by atoms with Gasteiger partial charge in [0.05, 0.1) is 15.6 Å². The summed E-state index contributed by atoms with van der Waals surface area (Å²) >= 11 is 7.44. The summed E-state index contributed by atoms with van der Waals surface area (Å²) in [6.45, 7) is 0. The molecule has 110 valence electrons. The Morgan fingerprint density at radius 1 is 1.18 bits per heavy atom. The summed E-state index contributed by atoms with van der Waals surface area (Å²) in [5, 5.41) is 4.28. The van der Waals surface area contributed by atoms with Gasteiger partial charge in [-0.05, 0) is 36.6 Å². The molecule has 0 saturated heterocycles. The molecular formula is C17H13ClN2OS. The van der Waals surface area contributed by atoms with Crippen molar-refractivity contribution in [1.82, 2.24) is 4.98 Å². The highest BCUT2D eigenvalue weighted by molar-refractivity contribution is 7.22. The van der Waals surface area contributed by atoms with E-state index in [0.29, 0.717) is 10.2 Å². The first-order valence-corrected chi connectivity index (χ1v) is 8.30. The molecule has 22 heavy (non-hydrogen) atoms. The molecule has 3 nitrogen and oxygen atoms in total. The summed E-state index contributed by atoms with van der Waals surface area (Å²) in [5.74, 6) is 0.0313. The Balaban J connectivity index is 1.61. The van der Waals surface area contributed by atoms with Gasteiger partial charge in [-0.25, -0.2) is 4.98 Å². The highest BCUT2D eigenvalue weighted by Gasteiger charge is 2.51. The minimum atomic E-state index is -0.378. The van der Waals surface area contributed by atoms with Crippen molar-refractivity contribution in [2.75, 3.05) is 5.32 Å². The lowest BCUT2D eigenvalue weighted by atomic mass is 9.95. The lowest BCUT2D eigenvalue weighted by Crippen LogP contribution is -2.27. The van der Waals surface area contributed by atoms with E-state index >= 15 is 0 Å². The zero-order valence-corrected chi connectivity index (χ0v) is 13.2. The molecule has 1 amide bonds. The number of benzene rings is 2. The maximum atomic E-state index is 12.7. The van der Waals surface area contributed by atoms with Gasteiger partial charge >= 0.3 is 0 Å². The fourth-order valence-corrected chi connectivity index (χ4v) is 3.83. The molecule has 0 radical (unpaired) electrons. The van der Waals surface area contributed by atoms with Gasteiger partial charge in [0.1, 0.15) is 0 Å². The molecule has 1 aliphatic rings. The van der Waals surface area contributed by atoms with E-state index in [1.807, 2.05) is 48.5 Å². The van der Waals surface area contributed by atoms with Crippen LogP contribution < -0.4 is 5.32 Å². The predicted octanol–water partition coefficient (Wildman–Crippen LogP) is 4.62. The van der Waals surface area contributed by atoms with Crippen LogP contribution in [0.1, 0.15) is 18.4 Å². The molecule has 0 aliphatic heterocycles. The maximum Gasteiger partial charge on any atom is 0.236 e. The smallest absolute Gasteiger partial charge is 0.236 e. The number of nitrogens with zero attached hydrogens (tertiary/aromatic N) is 1. The second-order valence-corrected chi connectivity index (χ2v) is 7.00. The number of amides is 1. The van der Waals surface area contributed by atoms with Gasteiger partial charge in [-0.15, -0.1) is 0 Å². The van der Waals surface area contributed by atoms with Crippen LogP contribution in [0, 0.1) is 0 Å². The van der Waals surface area contributed by atoms with Crippen molar-refractivity contribution in [3.8, 4) is 0 Å². The Labute approximate surface area is 136 Å². The number of carbonyl (C=O) groups is 1. The lowest BCUT2D eigenvalue weighted by molar-refractivity contribution is -0.118. The number of aromatic nitrogens is 1. The Bertz CT molecular complexity index is 855. The van der Waals surface area contributed by atoms with Gasteiger partial charge in [0, 0.05) is 5.02 Å². The van der Waals surface area contributed by atoms with E-state index in [-0.39, 0.29) is 11.3 Å². The van der Waals surface area contributed by atoms with Crippen LogP contribution >= 0.6 is 22.9 Å². The van der Waals surface area contributed by atoms with Gasteiger partial charge in [-0.3, -0.25) is 4.79 Å². The van der Waals surface area contributed by atoms with E-state index in [4.69, 9.17) is 11.6 Å². The molecule has 2 aromatic carbocycles. The van der Waals surface area contributed by atoms with Gasteiger partial charge in [0.15, 0.2) is 5.13 Å². The topological polar surface area (TPSA) is 42.0 Å². The highest BCUT2D eigenvalue weighted by atomic mass is 35.5. The second-order valence-electron chi connectivity index (χ2n) is 5.53. The van der Waals surface area contributed by atoms with Gasteiger partial charge in [0.25, 0.3) is 0 Å². The zero-order valence-electron chi connectivity index (χ0n) is 11.7. The monoisotopic (exact) mass is 328 g/mol. The molecule has 1 aliphatic carbocycles. The fourth-order valence-electron chi connectivity index (χ4n) is 2.70. The van der Waals surface area contributed by atoms with E-state index in [1.54, 1.807) is 0 Å². The van der Waals surface area contributed by atoms with Crippen molar-refractivity contribution < 1.29 is 4.79 Å². The SMILES string of the molecule is O=C(Nc1nc2ccc(Cl)cc2s1)C1(c2ccccc2)CC1. The Morgan fingerprint density at radius 2 is 1.95 bits per heavy atom. The number of rotatable bonds is 3. The average molecular weight is 329 g/mol. The Morgan fingerprint density at radius 3 is 2.68 bits per heavy atom. The molecule has 4 rings (SSSR count). The number of hydrogen-bond acceptors (Lipinski definition) is 3. The number of halogens is 1. The minimum absolute atomic E-state index is 0.0313. The maximum absolute atomic E-state index is 12.7. The number of anilines is 1. The summed E-state index contributed by atoms with van der Waals surface area (Å²) in [6, 6.07) is 15.5. The van der Waals surface area contributed by atoms with E-state index in [9.17, 15) is 4.79 Å². The molecule has 0 spiro atoms. The highest BCUT2D eigenvalue weighted by Crippen LogP contribution is 2.49. The molecule has 0 bridgehead atoms. The quantitative estimate of drug-likeness (QED) is 0.762. The van der Waals surface area contributed by atoms with Gasteiger partial charge < -0.3 is 5.32 Å². The number of thiazole rings is 1. The molecule has 5 heteroatoms. The van der Waals surface area contributed by atoms with Gasteiger partial charge in [-0.1, -0.05) is 53.3 Å². The summed E-state index contributed by atoms with van der Waals surface area (Å²) in [4.78, 5) is 17.1. The summed E-state index contributed by atoms with van der Waals surface area (Å²) in [6.07, 6.45) is 1.78. The van der Waals surface area contributed by atoms with Crippen LogP contribution in [-0.4, -0.2) is 10.9 Å².